The summed E-state index contributed by atoms with van der Waals surface area (Å²) >= 11 is 6.26. The van der Waals surface area contributed by atoms with Crippen molar-refractivity contribution in [2.24, 2.45) is 0 Å². The van der Waals surface area contributed by atoms with Gasteiger partial charge in [0.15, 0.2) is 42.1 Å². The highest BCUT2D eigenvalue weighted by molar-refractivity contribution is 6.30. The number of rotatable bonds is 11. The molecule has 13 heteroatoms. The van der Waals surface area contributed by atoms with Gasteiger partial charge in [0.25, 0.3) is 0 Å². The molecule has 2 aliphatic heterocycles. The highest BCUT2D eigenvalue weighted by Gasteiger charge is 2.29. The van der Waals surface area contributed by atoms with Gasteiger partial charge in [0.2, 0.25) is 12.5 Å². The molecule has 238 valence electrons. The van der Waals surface area contributed by atoms with E-state index in [0.717, 1.165) is 52.1 Å². The first kappa shape index (κ1) is 31.4. The number of hydrogen-bond donors (Lipinski definition) is 0. The van der Waals surface area contributed by atoms with Crippen LogP contribution in [0.5, 0.6) is 23.0 Å². The van der Waals surface area contributed by atoms with Crippen LogP contribution in [0, 0.1) is 10.1 Å². The lowest BCUT2D eigenvalue weighted by atomic mass is 9.95. The fourth-order valence-corrected chi connectivity index (χ4v) is 6.25. The van der Waals surface area contributed by atoms with Crippen LogP contribution in [0.15, 0.2) is 73.3 Å². The number of benzene rings is 3. The number of aryl methyl sites for hydroxylation is 2. The Kier molecular flexibility index (Phi) is 9.16. The number of imidazole rings is 1. The van der Waals surface area contributed by atoms with Crippen LogP contribution in [-0.2, 0) is 26.1 Å². The number of methoxy groups -OCH3 is 1. The normalized spacial score (nSPS) is 12.8. The molecule has 11 nitrogen and oxygen atoms in total. The van der Waals surface area contributed by atoms with Crippen molar-refractivity contribution in [1.29, 1.82) is 0 Å². The lowest BCUT2D eigenvalue weighted by Crippen LogP contribution is -3.00. The fraction of sp³-hybridized carbons (Fsp3) is 0.273. The Balaban J connectivity index is 0.00000372. The van der Waals surface area contributed by atoms with E-state index in [-0.39, 0.29) is 25.0 Å². The minimum Gasteiger partial charge on any atom is -1.00 e. The van der Waals surface area contributed by atoms with Gasteiger partial charge < -0.3 is 41.5 Å². The monoisotopic (exact) mass is 663 g/mol. The Hall–Kier alpha value is -4.58. The number of halogens is 2. The standard InChI is InChI=1S/C33H31ClN5O6.ClH/c1-42-29-6-5-23-14-28-26-16-31-30(44-21-45-31)15-24(26)7-8-37(28)19-27(23)33(29)43-12-11-36(18-22-3-2-4-25(34)13-22)9-10-38-20-35-17-32(38)39(40)41;/h2-6,13-17,19-20H,7-12,18,21H2,1H3;1H/q+1;/p-1. The lowest BCUT2D eigenvalue weighted by molar-refractivity contribution is -0.686. The maximum atomic E-state index is 11.4. The van der Waals surface area contributed by atoms with Crippen LogP contribution in [0.3, 0.4) is 0 Å². The predicted molar refractivity (Wildman–Crippen MR) is 167 cm³/mol. The molecule has 5 aromatic rings. The number of fused-ring (bicyclic) bond motifs is 5. The van der Waals surface area contributed by atoms with Crippen LogP contribution in [0.25, 0.3) is 22.0 Å². The Bertz CT molecular complexity index is 1920. The highest BCUT2D eigenvalue weighted by Crippen LogP contribution is 2.41. The van der Waals surface area contributed by atoms with Gasteiger partial charge in [0, 0.05) is 37.1 Å². The van der Waals surface area contributed by atoms with Gasteiger partial charge >= 0.3 is 5.82 Å². The van der Waals surface area contributed by atoms with Crippen molar-refractivity contribution in [1.82, 2.24) is 14.5 Å². The summed E-state index contributed by atoms with van der Waals surface area (Å²) in [5.74, 6) is 2.86. The molecule has 4 heterocycles. The van der Waals surface area contributed by atoms with E-state index in [1.54, 1.807) is 11.7 Å². The molecule has 0 saturated heterocycles. The number of nitrogens with zero attached hydrogens (tertiary/aromatic N) is 5. The van der Waals surface area contributed by atoms with Crippen LogP contribution < -0.4 is 35.9 Å². The highest BCUT2D eigenvalue weighted by atomic mass is 35.5. The summed E-state index contributed by atoms with van der Waals surface area (Å²) in [5.41, 5.74) is 4.53. The summed E-state index contributed by atoms with van der Waals surface area (Å²) in [7, 11) is 1.64. The largest absolute Gasteiger partial charge is 1.00 e. The number of hydrogen-bond acceptors (Lipinski definition) is 8. The molecule has 0 atom stereocenters. The number of pyridine rings is 1. The molecule has 0 amide bonds. The zero-order valence-electron chi connectivity index (χ0n) is 25.0. The first-order valence-corrected chi connectivity index (χ1v) is 15.1. The van der Waals surface area contributed by atoms with Gasteiger partial charge in [-0.25, -0.2) is 9.55 Å². The Labute approximate surface area is 276 Å². The lowest BCUT2D eigenvalue weighted by Gasteiger charge is -2.23. The molecule has 0 radical (unpaired) electrons. The average Bonchev–Trinajstić information content (AvgIpc) is 3.71. The second kappa shape index (κ2) is 13.4. The first-order valence-electron chi connectivity index (χ1n) is 14.7. The fourth-order valence-electron chi connectivity index (χ4n) is 6.03. The van der Waals surface area contributed by atoms with Crippen LogP contribution in [-0.4, -0.2) is 53.0 Å². The van der Waals surface area contributed by atoms with E-state index in [0.29, 0.717) is 49.3 Å². The third-order valence-corrected chi connectivity index (χ3v) is 8.52. The van der Waals surface area contributed by atoms with Crippen molar-refractivity contribution in [2.45, 2.75) is 26.1 Å². The average molecular weight is 665 g/mol. The van der Waals surface area contributed by atoms with Gasteiger partial charge in [-0.2, -0.15) is 4.57 Å². The molecule has 0 saturated carbocycles. The molecule has 2 aliphatic rings. The maximum Gasteiger partial charge on any atom is 0.342 e. The maximum absolute atomic E-state index is 11.4. The van der Waals surface area contributed by atoms with Crippen LogP contribution in [0.1, 0.15) is 11.1 Å². The third-order valence-electron chi connectivity index (χ3n) is 8.28. The van der Waals surface area contributed by atoms with Crippen molar-refractivity contribution >= 4 is 28.2 Å². The summed E-state index contributed by atoms with van der Waals surface area (Å²) in [6.45, 7) is 3.54. The first-order chi connectivity index (χ1) is 22.0. The Morgan fingerprint density at radius 2 is 1.98 bits per heavy atom. The molecule has 0 spiro atoms. The molecule has 0 bridgehead atoms. The number of aromatic nitrogens is 3. The SMILES string of the molecule is COc1ccc2cc3[n+](cc2c1OCCN(CCn1cncc1[N+](=O)[O-])Cc1cccc(Cl)c1)CCc1cc2c(cc1-3)OCO2.[Cl-]. The van der Waals surface area contributed by atoms with E-state index in [1.165, 1.54) is 18.1 Å². The summed E-state index contributed by atoms with van der Waals surface area (Å²) in [6.07, 6.45) is 5.76. The van der Waals surface area contributed by atoms with E-state index in [9.17, 15) is 10.1 Å². The third kappa shape index (κ3) is 6.26. The van der Waals surface area contributed by atoms with Gasteiger partial charge in [-0.15, -0.1) is 0 Å². The van der Waals surface area contributed by atoms with Gasteiger partial charge in [-0.3, -0.25) is 4.90 Å². The minimum absolute atomic E-state index is 0. The van der Waals surface area contributed by atoms with Crippen LogP contribution in [0.2, 0.25) is 5.02 Å². The molecule has 0 N–H and O–H groups in total. The van der Waals surface area contributed by atoms with Gasteiger partial charge in [-0.1, -0.05) is 23.7 Å². The predicted octanol–water partition coefficient (Wildman–Crippen LogP) is 2.43. The molecular weight excluding hydrogens is 633 g/mol. The molecule has 46 heavy (non-hydrogen) atoms. The van der Waals surface area contributed by atoms with E-state index >= 15 is 0 Å². The van der Waals surface area contributed by atoms with E-state index < -0.39 is 4.92 Å². The zero-order chi connectivity index (χ0) is 30.9. The van der Waals surface area contributed by atoms with Crippen LogP contribution >= 0.6 is 11.6 Å². The molecule has 2 aromatic heterocycles. The molecule has 7 rings (SSSR count). The summed E-state index contributed by atoms with van der Waals surface area (Å²) in [5, 5.41) is 14.1. The number of nitro groups is 1. The van der Waals surface area contributed by atoms with Crippen molar-refractivity contribution in [3.8, 4) is 34.3 Å². The van der Waals surface area contributed by atoms with Crippen molar-refractivity contribution in [2.75, 3.05) is 33.6 Å². The molecule has 0 unspecified atom stereocenters. The summed E-state index contributed by atoms with van der Waals surface area (Å²) < 4.78 is 27.3. The minimum atomic E-state index is -0.422. The van der Waals surface area contributed by atoms with E-state index in [1.807, 2.05) is 36.4 Å². The molecule has 0 aliphatic carbocycles. The molecular formula is C33H31Cl2N5O6. The topological polar surface area (TPSA) is 105 Å². The quantitative estimate of drug-likeness (QED) is 0.121. The van der Waals surface area contributed by atoms with E-state index in [2.05, 4.69) is 38.8 Å². The molecule has 0 fully saturated rings. The zero-order valence-corrected chi connectivity index (χ0v) is 26.5. The van der Waals surface area contributed by atoms with Crippen molar-refractivity contribution in [3.63, 3.8) is 0 Å². The number of ether oxygens (including phenoxy) is 4. The Morgan fingerprint density at radius 1 is 1.13 bits per heavy atom. The van der Waals surface area contributed by atoms with E-state index in [4.69, 9.17) is 30.5 Å². The van der Waals surface area contributed by atoms with Crippen molar-refractivity contribution < 1.29 is 40.8 Å². The Morgan fingerprint density at radius 3 is 2.78 bits per heavy atom. The second-order valence-corrected chi connectivity index (χ2v) is 11.5. The summed E-state index contributed by atoms with van der Waals surface area (Å²) in [4.78, 5) is 17.1. The van der Waals surface area contributed by atoms with Gasteiger partial charge in [-0.05, 0) is 57.8 Å². The molecule has 3 aromatic carbocycles. The second-order valence-electron chi connectivity index (χ2n) is 11.0. The smallest absolute Gasteiger partial charge is 0.342 e. The summed E-state index contributed by atoms with van der Waals surface area (Å²) in [6, 6.07) is 18.0. The van der Waals surface area contributed by atoms with Crippen molar-refractivity contribution in [3.05, 3.63) is 99.6 Å². The van der Waals surface area contributed by atoms with Crippen LogP contribution in [0.4, 0.5) is 5.82 Å². The van der Waals surface area contributed by atoms with Gasteiger partial charge in [0.1, 0.15) is 19.3 Å². The van der Waals surface area contributed by atoms with Gasteiger partial charge in [0.05, 0.1) is 18.1 Å².